The number of nitrogens with two attached hydrogens (primary N) is 1. The Labute approximate surface area is 114 Å². The van der Waals surface area contributed by atoms with E-state index < -0.39 is 11.4 Å². The molecule has 0 fully saturated rings. The van der Waals surface area contributed by atoms with Crippen LogP contribution in [0.25, 0.3) is 0 Å². The molecule has 17 heavy (non-hydrogen) atoms. The lowest BCUT2D eigenvalue weighted by Crippen LogP contribution is -2.36. The zero-order chi connectivity index (χ0) is 13.2. The van der Waals surface area contributed by atoms with Crippen LogP contribution in [-0.4, -0.2) is 16.4 Å². The third-order valence-corrected chi connectivity index (χ3v) is 2.92. The maximum atomic E-state index is 10.9. The fourth-order valence-corrected chi connectivity index (χ4v) is 1.88. The second-order valence-electron chi connectivity index (χ2n) is 4.24. The van der Waals surface area contributed by atoms with Gasteiger partial charge in [0.1, 0.15) is 11.0 Å². The standard InChI is InChI=1S/C10H12Cl3N3O/c1-10(2,4-7(14)17)16-9-6(12)3-5(11)8(13)15-9/h3H,4H2,1-2H3,(H2,14,17)(H,15,16). The highest BCUT2D eigenvalue weighted by atomic mass is 35.5. The first-order valence-corrected chi connectivity index (χ1v) is 5.93. The summed E-state index contributed by atoms with van der Waals surface area (Å²) in [6.07, 6.45) is 0.144. The molecule has 0 saturated heterocycles. The number of anilines is 1. The summed E-state index contributed by atoms with van der Waals surface area (Å²) < 4.78 is 0. The molecule has 1 rings (SSSR count). The number of rotatable bonds is 4. The highest BCUT2D eigenvalue weighted by molar-refractivity contribution is 6.42. The Kier molecular flexibility index (Phi) is 4.47. The number of primary amides is 1. The molecular weight excluding hydrogens is 284 g/mol. The topological polar surface area (TPSA) is 68.0 Å². The molecule has 0 bridgehead atoms. The predicted octanol–water partition coefficient (Wildman–Crippen LogP) is 3.11. The second kappa shape index (κ2) is 5.29. The van der Waals surface area contributed by atoms with Crippen molar-refractivity contribution >= 4 is 46.5 Å². The van der Waals surface area contributed by atoms with E-state index in [2.05, 4.69) is 10.3 Å². The largest absolute Gasteiger partial charge is 0.370 e. The van der Waals surface area contributed by atoms with Crippen LogP contribution in [0.4, 0.5) is 5.82 Å². The molecule has 0 radical (unpaired) electrons. The van der Waals surface area contributed by atoms with Gasteiger partial charge in [-0.05, 0) is 19.9 Å². The van der Waals surface area contributed by atoms with Gasteiger partial charge < -0.3 is 11.1 Å². The van der Waals surface area contributed by atoms with Crippen molar-refractivity contribution in [3.8, 4) is 0 Å². The van der Waals surface area contributed by atoms with Crippen molar-refractivity contribution < 1.29 is 4.79 Å². The number of hydrogen-bond acceptors (Lipinski definition) is 3. The summed E-state index contributed by atoms with van der Waals surface area (Å²) in [5.74, 6) is -0.0500. The van der Waals surface area contributed by atoms with Gasteiger partial charge in [-0.1, -0.05) is 34.8 Å². The van der Waals surface area contributed by atoms with Gasteiger partial charge in [0.25, 0.3) is 0 Å². The highest BCUT2D eigenvalue weighted by Crippen LogP contribution is 2.30. The van der Waals surface area contributed by atoms with Gasteiger partial charge in [0.15, 0.2) is 0 Å². The SMILES string of the molecule is CC(C)(CC(N)=O)Nc1nc(Cl)c(Cl)cc1Cl. The molecule has 7 heteroatoms. The maximum absolute atomic E-state index is 10.9. The van der Waals surface area contributed by atoms with Crippen molar-refractivity contribution in [2.24, 2.45) is 5.73 Å². The van der Waals surface area contributed by atoms with Gasteiger partial charge in [0, 0.05) is 12.0 Å². The molecule has 0 aliphatic heterocycles. The van der Waals surface area contributed by atoms with Gasteiger partial charge in [-0.15, -0.1) is 0 Å². The van der Waals surface area contributed by atoms with E-state index in [1.807, 2.05) is 0 Å². The summed E-state index contributed by atoms with van der Waals surface area (Å²) >= 11 is 17.5. The fraction of sp³-hybridized carbons (Fsp3) is 0.400. The molecule has 0 atom stereocenters. The number of carbonyl (C=O) groups excluding carboxylic acids is 1. The number of carbonyl (C=O) groups is 1. The van der Waals surface area contributed by atoms with Crippen molar-refractivity contribution in [1.82, 2.24) is 4.98 Å². The molecule has 3 N–H and O–H groups in total. The molecule has 0 aliphatic rings. The third-order valence-electron chi connectivity index (χ3n) is 1.96. The summed E-state index contributed by atoms with van der Waals surface area (Å²) in [6, 6.07) is 1.49. The molecule has 1 aromatic heterocycles. The molecular formula is C10H12Cl3N3O. The first-order valence-electron chi connectivity index (χ1n) is 4.79. The van der Waals surface area contributed by atoms with Crippen molar-refractivity contribution in [1.29, 1.82) is 0 Å². The van der Waals surface area contributed by atoms with Crippen LogP contribution in [0.15, 0.2) is 6.07 Å². The molecule has 94 valence electrons. The van der Waals surface area contributed by atoms with E-state index in [0.717, 1.165) is 0 Å². The van der Waals surface area contributed by atoms with Gasteiger partial charge in [0.05, 0.1) is 10.0 Å². The maximum Gasteiger partial charge on any atom is 0.219 e. The van der Waals surface area contributed by atoms with Gasteiger partial charge in [-0.2, -0.15) is 0 Å². The Balaban J connectivity index is 2.95. The van der Waals surface area contributed by atoms with Crippen LogP contribution in [0.1, 0.15) is 20.3 Å². The van der Waals surface area contributed by atoms with E-state index >= 15 is 0 Å². The highest BCUT2D eigenvalue weighted by Gasteiger charge is 2.22. The lowest BCUT2D eigenvalue weighted by atomic mass is 10.0. The molecule has 0 aromatic carbocycles. The van der Waals surface area contributed by atoms with E-state index in [-0.39, 0.29) is 16.6 Å². The summed E-state index contributed by atoms with van der Waals surface area (Å²) in [7, 11) is 0. The van der Waals surface area contributed by atoms with Crippen LogP contribution in [0.3, 0.4) is 0 Å². The molecule has 1 heterocycles. The van der Waals surface area contributed by atoms with Crippen LogP contribution in [-0.2, 0) is 4.79 Å². The van der Waals surface area contributed by atoms with E-state index in [9.17, 15) is 4.79 Å². The smallest absolute Gasteiger partial charge is 0.219 e. The molecule has 1 aromatic rings. The minimum atomic E-state index is -0.570. The second-order valence-corrected chi connectivity index (χ2v) is 5.42. The minimum absolute atomic E-state index is 0.144. The van der Waals surface area contributed by atoms with Crippen molar-refractivity contribution in [2.45, 2.75) is 25.8 Å². The quantitative estimate of drug-likeness (QED) is 0.839. The number of hydrogen-bond donors (Lipinski definition) is 2. The fourth-order valence-electron chi connectivity index (χ4n) is 1.33. The van der Waals surface area contributed by atoms with Crippen LogP contribution in [0.5, 0.6) is 0 Å². The Morgan fingerprint density at radius 2 is 2.00 bits per heavy atom. The van der Waals surface area contributed by atoms with Gasteiger partial charge >= 0.3 is 0 Å². The summed E-state index contributed by atoms with van der Waals surface area (Å²) in [4.78, 5) is 14.9. The zero-order valence-corrected chi connectivity index (χ0v) is 11.6. The minimum Gasteiger partial charge on any atom is -0.370 e. The summed E-state index contributed by atoms with van der Waals surface area (Å²) in [5.41, 5.74) is 4.57. The molecule has 0 saturated carbocycles. The molecule has 1 amide bonds. The van der Waals surface area contributed by atoms with Crippen LogP contribution in [0, 0.1) is 0 Å². The Morgan fingerprint density at radius 1 is 1.41 bits per heavy atom. The third kappa shape index (κ3) is 4.22. The van der Waals surface area contributed by atoms with Crippen molar-refractivity contribution in [2.75, 3.05) is 5.32 Å². The number of nitrogens with zero attached hydrogens (tertiary/aromatic N) is 1. The lowest BCUT2D eigenvalue weighted by molar-refractivity contribution is -0.118. The average Bonchev–Trinajstić information content (AvgIpc) is 2.11. The van der Waals surface area contributed by atoms with Crippen molar-refractivity contribution in [3.05, 3.63) is 21.3 Å². The van der Waals surface area contributed by atoms with Crippen LogP contribution < -0.4 is 11.1 Å². The number of amides is 1. The number of nitrogens with one attached hydrogen (secondary N) is 1. The van der Waals surface area contributed by atoms with Gasteiger partial charge in [-0.25, -0.2) is 4.98 Å². The number of pyridine rings is 1. The van der Waals surface area contributed by atoms with E-state index in [4.69, 9.17) is 40.5 Å². The summed E-state index contributed by atoms with van der Waals surface area (Å²) in [5, 5.41) is 3.75. The summed E-state index contributed by atoms with van der Waals surface area (Å²) in [6.45, 7) is 3.61. The Bertz CT molecular complexity index is 449. The lowest BCUT2D eigenvalue weighted by Gasteiger charge is -2.26. The number of halogens is 3. The zero-order valence-electron chi connectivity index (χ0n) is 9.35. The van der Waals surface area contributed by atoms with Crippen molar-refractivity contribution in [3.63, 3.8) is 0 Å². The van der Waals surface area contributed by atoms with E-state index in [0.29, 0.717) is 10.8 Å². The normalized spacial score (nSPS) is 11.4. The first kappa shape index (κ1) is 14.4. The first-order chi connectivity index (χ1) is 7.71. The Morgan fingerprint density at radius 3 is 2.53 bits per heavy atom. The van der Waals surface area contributed by atoms with Gasteiger partial charge in [-0.3, -0.25) is 4.79 Å². The molecule has 0 unspecified atom stereocenters. The van der Waals surface area contributed by atoms with Crippen LogP contribution in [0.2, 0.25) is 15.2 Å². The monoisotopic (exact) mass is 295 g/mol. The molecule has 0 aliphatic carbocycles. The van der Waals surface area contributed by atoms with Gasteiger partial charge in [0.2, 0.25) is 5.91 Å². The number of aromatic nitrogens is 1. The predicted molar refractivity (Wildman–Crippen MR) is 70.8 cm³/mol. The Hall–Kier alpha value is -0.710. The molecule has 4 nitrogen and oxygen atoms in total. The average molecular weight is 297 g/mol. The van der Waals surface area contributed by atoms with Crippen LogP contribution >= 0.6 is 34.8 Å². The van der Waals surface area contributed by atoms with E-state index in [1.54, 1.807) is 13.8 Å². The molecule has 0 spiro atoms. The van der Waals surface area contributed by atoms with E-state index in [1.165, 1.54) is 6.07 Å².